The van der Waals surface area contributed by atoms with Crippen LogP contribution in [-0.4, -0.2) is 22.0 Å². The molecular weight excluding hydrogens is 399 g/mol. The Labute approximate surface area is 167 Å². The van der Waals surface area contributed by atoms with Crippen molar-refractivity contribution in [1.82, 2.24) is 4.98 Å². The highest BCUT2D eigenvalue weighted by Gasteiger charge is 2.56. The van der Waals surface area contributed by atoms with Gasteiger partial charge in [0.25, 0.3) is 0 Å². The van der Waals surface area contributed by atoms with Crippen LogP contribution in [0.1, 0.15) is 16.4 Å². The Kier molecular flexibility index (Phi) is 3.99. The van der Waals surface area contributed by atoms with Gasteiger partial charge in [0, 0.05) is 10.8 Å². The van der Waals surface area contributed by atoms with Crippen molar-refractivity contribution in [1.29, 1.82) is 0 Å². The lowest BCUT2D eigenvalue weighted by Crippen LogP contribution is -2.32. The summed E-state index contributed by atoms with van der Waals surface area (Å²) in [5.41, 5.74) is 1.24. The van der Waals surface area contributed by atoms with Crippen molar-refractivity contribution in [3.8, 4) is 0 Å². The fourth-order valence-corrected chi connectivity index (χ4v) is 6.40. The van der Waals surface area contributed by atoms with E-state index in [0.29, 0.717) is 10.7 Å². The molecule has 28 heavy (non-hydrogen) atoms. The summed E-state index contributed by atoms with van der Waals surface area (Å²) in [5, 5.41) is 0.00715. The van der Waals surface area contributed by atoms with E-state index in [1.165, 1.54) is 36.0 Å². The molecule has 0 bridgehead atoms. The van der Waals surface area contributed by atoms with Gasteiger partial charge >= 0.3 is 4.87 Å². The molecule has 0 spiro atoms. The van der Waals surface area contributed by atoms with Gasteiger partial charge in [0.15, 0.2) is 0 Å². The van der Waals surface area contributed by atoms with Crippen molar-refractivity contribution in [3.63, 3.8) is 0 Å². The highest BCUT2D eigenvalue weighted by Crippen LogP contribution is 2.53. The van der Waals surface area contributed by atoms with Gasteiger partial charge in [0.2, 0.25) is 11.8 Å². The van der Waals surface area contributed by atoms with Crippen LogP contribution in [0.3, 0.4) is 0 Å². The van der Waals surface area contributed by atoms with E-state index in [1.807, 2.05) is 30.3 Å². The van der Waals surface area contributed by atoms with Gasteiger partial charge in [0.1, 0.15) is 11.1 Å². The van der Waals surface area contributed by atoms with E-state index >= 15 is 0 Å². The quantitative estimate of drug-likeness (QED) is 0.655. The summed E-state index contributed by atoms with van der Waals surface area (Å²) in [7, 11) is 0. The Hall–Kier alpha value is -2.71. The third kappa shape index (κ3) is 2.56. The van der Waals surface area contributed by atoms with Crippen molar-refractivity contribution >= 4 is 40.6 Å². The molecule has 3 heterocycles. The fourth-order valence-electron chi connectivity index (χ4n) is 3.88. The Morgan fingerprint density at radius 1 is 0.929 bits per heavy atom. The number of hydrogen-bond donors (Lipinski definition) is 1. The van der Waals surface area contributed by atoms with Gasteiger partial charge in [-0.15, -0.1) is 0 Å². The van der Waals surface area contributed by atoms with Crippen LogP contribution in [0.4, 0.5) is 10.1 Å². The van der Waals surface area contributed by atoms with Gasteiger partial charge < -0.3 is 4.98 Å². The molecule has 1 saturated heterocycles. The molecule has 0 radical (unpaired) electrons. The average molecular weight is 412 g/mol. The molecule has 1 N–H and O–H groups in total. The first kappa shape index (κ1) is 17.4. The molecule has 0 aliphatic carbocycles. The number of rotatable bonds is 2. The van der Waals surface area contributed by atoms with Crippen LogP contribution in [0.15, 0.2) is 64.4 Å². The van der Waals surface area contributed by atoms with Gasteiger partial charge in [-0.2, -0.15) is 0 Å². The number of carbonyl (C=O) groups is 2. The number of benzene rings is 2. The monoisotopic (exact) mass is 412 g/mol. The fraction of sp³-hybridized carbons (Fsp3) is 0.150. The molecule has 5 nitrogen and oxygen atoms in total. The summed E-state index contributed by atoms with van der Waals surface area (Å²) in [5.74, 6) is -2.10. The molecule has 8 heteroatoms. The van der Waals surface area contributed by atoms with Crippen LogP contribution in [0.2, 0.25) is 0 Å². The van der Waals surface area contributed by atoms with Crippen LogP contribution in [0, 0.1) is 11.7 Å². The van der Waals surface area contributed by atoms with E-state index in [1.54, 1.807) is 0 Å². The first-order valence-electron chi connectivity index (χ1n) is 8.62. The average Bonchev–Trinajstić information content (AvgIpc) is 3.18. The number of halogens is 1. The summed E-state index contributed by atoms with van der Waals surface area (Å²) < 4.78 is 13.3. The molecular formula is C20H13FN2O3S2. The van der Waals surface area contributed by atoms with Crippen molar-refractivity contribution < 1.29 is 14.0 Å². The summed E-state index contributed by atoms with van der Waals surface area (Å²) in [6.45, 7) is 0. The summed E-state index contributed by atoms with van der Waals surface area (Å²) in [6, 6.07) is 14.8. The highest BCUT2D eigenvalue weighted by molar-refractivity contribution is 8.00. The third-order valence-corrected chi connectivity index (χ3v) is 7.47. The number of fused-ring (bicyclic) bond motifs is 2. The molecule has 140 valence electrons. The van der Waals surface area contributed by atoms with Crippen LogP contribution in [-0.2, 0) is 9.59 Å². The number of hydrogen-bond acceptors (Lipinski definition) is 5. The van der Waals surface area contributed by atoms with Gasteiger partial charge in [-0.3, -0.25) is 14.4 Å². The predicted molar refractivity (Wildman–Crippen MR) is 105 cm³/mol. The number of nitrogens with zero attached hydrogens (tertiary/aromatic N) is 1. The normalized spacial score (nSPS) is 23.6. The van der Waals surface area contributed by atoms with Crippen molar-refractivity contribution in [2.24, 2.45) is 5.92 Å². The first-order chi connectivity index (χ1) is 13.5. The maximum Gasteiger partial charge on any atom is 0.305 e. The molecule has 2 aliphatic rings. The zero-order valence-corrected chi connectivity index (χ0v) is 15.9. The van der Waals surface area contributed by atoms with Crippen molar-refractivity contribution in [2.75, 3.05) is 4.90 Å². The minimum Gasteiger partial charge on any atom is -0.307 e. The number of thiazole rings is 1. The number of aromatic nitrogens is 1. The smallest absolute Gasteiger partial charge is 0.305 e. The SMILES string of the molecule is O=C1C2Sc3[nH]c(=O)sc3C(c3ccccc3)C2C(=O)N1c1ccc(F)cc1. The number of aromatic amines is 1. The van der Waals surface area contributed by atoms with Gasteiger partial charge in [-0.05, 0) is 29.8 Å². The second-order valence-electron chi connectivity index (χ2n) is 6.65. The van der Waals surface area contributed by atoms with E-state index < -0.39 is 17.0 Å². The topological polar surface area (TPSA) is 70.2 Å². The van der Waals surface area contributed by atoms with Crippen LogP contribution < -0.4 is 9.77 Å². The predicted octanol–water partition coefficient (Wildman–Crippen LogP) is 3.37. The van der Waals surface area contributed by atoms with Crippen molar-refractivity contribution in [2.45, 2.75) is 16.2 Å². The maximum atomic E-state index is 13.4. The summed E-state index contributed by atoms with van der Waals surface area (Å²) in [4.78, 5) is 43.0. The Bertz CT molecular complexity index is 1140. The Morgan fingerprint density at radius 2 is 1.64 bits per heavy atom. The van der Waals surface area contributed by atoms with E-state index in [4.69, 9.17) is 0 Å². The van der Waals surface area contributed by atoms with E-state index in [2.05, 4.69) is 4.98 Å². The summed E-state index contributed by atoms with van der Waals surface area (Å²) in [6.07, 6.45) is 0. The number of thioether (sulfide) groups is 1. The maximum absolute atomic E-state index is 13.4. The molecule has 2 amide bonds. The highest BCUT2D eigenvalue weighted by atomic mass is 32.2. The molecule has 2 aliphatic heterocycles. The minimum absolute atomic E-state index is 0.200. The molecule has 3 atom stereocenters. The lowest BCUT2D eigenvalue weighted by Gasteiger charge is -2.29. The van der Waals surface area contributed by atoms with E-state index in [0.717, 1.165) is 26.7 Å². The second-order valence-corrected chi connectivity index (χ2v) is 8.82. The number of amides is 2. The molecule has 1 aromatic heterocycles. The van der Waals surface area contributed by atoms with Crippen LogP contribution in [0.25, 0.3) is 0 Å². The number of imide groups is 1. The molecule has 2 aromatic carbocycles. The van der Waals surface area contributed by atoms with Crippen molar-refractivity contribution in [3.05, 3.63) is 80.5 Å². The largest absolute Gasteiger partial charge is 0.307 e. The van der Waals surface area contributed by atoms with Crippen LogP contribution in [0.5, 0.6) is 0 Å². The van der Waals surface area contributed by atoms with Gasteiger partial charge in [0.05, 0.1) is 16.6 Å². The number of nitrogens with one attached hydrogen (secondary N) is 1. The lowest BCUT2D eigenvalue weighted by atomic mass is 9.83. The number of carbonyl (C=O) groups excluding carboxylic acids is 2. The zero-order valence-electron chi connectivity index (χ0n) is 14.3. The molecule has 1 fully saturated rings. The standard InChI is InChI=1S/C20H13FN2O3S2/c21-11-6-8-12(9-7-11)23-18(24)14-13(10-4-2-1-3-5-10)15-17(22-20(26)28-15)27-16(14)19(23)25/h1-9,13-14,16H,(H,22,26). The first-order valence-corrected chi connectivity index (χ1v) is 10.3. The second kappa shape index (κ2) is 6.42. The van der Waals surface area contributed by atoms with Crippen LogP contribution >= 0.6 is 23.1 Å². The van der Waals surface area contributed by atoms with E-state index in [9.17, 15) is 18.8 Å². The molecule has 3 unspecified atom stereocenters. The molecule has 3 aromatic rings. The van der Waals surface area contributed by atoms with Gasteiger partial charge in [-0.1, -0.05) is 53.4 Å². The molecule has 0 saturated carbocycles. The number of H-pyrrole nitrogens is 1. The zero-order chi connectivity index (χ0) is 19.4. The Morgan fingerprint density at radius 3 is 2.36 bits per heavy atom. The number of anilines is 1. The van der Waals surface area contributed by atoms with Gasteiger partial charge in [-0.25, -0.2) is 9.29 Å². The Balaban J connectivity index is 1.65. The van der Waals surface area contributed by atoms with E-state index in [-0.39, 0.29) is 22.6 Å². The summed E-state index contributed by atoms with van der Waals surface area (Å²) >= 11 is 2.31. The molecule has 5 rings (SSSR count). The minimum atomic E-state index is -0.638. The third-order valence-electron chi connectivity index (χ3n) is 5.07. The lowest BCUT2D eigenvalue weighted by molar-refractivity contribution is -0.122.